The molecular weight excluding hydrogens is 280 g/mol. The van der Waals surface area contributed by atoms with E-state index in [9.17, 15) is 4.79 Å². The van der Waals surface area contributed by atoms with Gasteiger partial charge in [0.2, 0.25) is 5.91 Å². The fourth-order valence-corrected chi connectivity index (χ4v) is 2.30. The first kappa shape index (κ1) is 16.1. The third-order valence-corrected chi connectivity index (χ3v) is 3.30. The number of benzene rings is 1. The minimum Gasteiger partial charge on any atom is -0.491 e. The average Bonchev–Trinajstić information content (AvgIpc) is 2.47. The van der Waals surface area contributed by atoms with Crippen molar-refractivity contribution in [1.82, 2.24) is 5.32 Å². The van der Waals surface area contributed by atoms with E-state index in [1.807, 2.05) is 38.1 Å². The molecular formula is C16H24N4O2. The van der Waals surface area contributed by atoms with Crippen LogP contribution in [0.4, 0.5) is 5.69 Å². The normalized spacial score (nSPS) is 19.0. The molecule has 1 aromatic carbocycles. The summed E-state index contributed by atoms with van der Waals surface area (Å²) in [5.41, 5.74) is 6.72. The van der Waals surface area contributed by atoms with Crippen molar-refractivity contribution in [2.75, 3.05) is 11.9 Å². The van der Waals surface area contributed by atoms with Crippen LogP contribution in [-0.4, -0.2) is 30.6 Å². The first-order valence-electron chi connectivity index (χ1n) is 7.66. The third kappa shape index (κ3) is 5.27. The van der Waals surface area contributed by atoms with Crippen molar-refractivity contribution in [3.05, 3.63) is 24.3 Å². The number of aliphatic imine (C=N–C) groups is 1. The Bertz CT molecular complexity index is 525. The molecule has 6 nitrogen and oxygen atoms in total. The summed E-state index contributed by atoms with van der Waals surface area (Å²) in [6, 6.07) is 7.64. The summed E-state index contributed by atoms with van der Waals surface area (Å²) >= 11 is 0. The van der Waals surface area contributed by atoms with Crippen LogP contribution in [-0.2, 0) is 4.79 Å². The number of hydrogen-bond acceptors (Lipinski definition) is 3. The lowest BCUT2D eigenvalue weighted by molar-refractivity contribution is -0.123. The molecule has 120 valence electrons. The fraction of sp³-hybridized carbons (Fsp3) is 0.500. The zero-order valence-electron chi connectivity index (χ0n) is 13.1. The molecule has 1 heterocycles. The van der Waals surface area contributed by atoms with Crippen molar-refractivity contribution >= 4 is 17.6 Å². The van der Waals surface area contributed by atoms with Crippen LogP contribution in [0.5, 0.6) is 5.75 Å². The van der Waals surface area contributed by atoms with Crippen LogP contribution in [0.15, 0.2) is 29.3 Å². The maximum absolute atomic E-state index is 11.3. The van der Waals surface area contributed by atoms with E-state index in [1.165, 1.54) is 0 Å². The predicted molar refractivity (Wildman–Crippen MR) is 88.1 cm³/mol. The van der Waals surface area contributed by atoms with Gasteiger partial charge < -0.3 is 21.1 Å². The van der Waals surface area contributed by atoms with Crippen LogP contribution in [0.3, 0.4) is 0 Å². The van der Waals surface area contributed by atoms with Gasteiger partial charge in [0.05, 0.1) is 12.6 Å². The molecule has 0 bridgehead atoms. The summed E-state index contributed by atoms with van der Waals surface area (Å²) in [6.45, 7) is 4.47. The second kappa shape index (κ2) is 7.68. The summed E-state index contributed by atoms with van der Waals surface area (Å²) in [5, 5.41) is 5.95. The maximum Gasteiger partial charge on any atom is 0.220 e. The van der Waals surface area contributed by atoms with E-state index in [0.29, 0.717) is 18.9 Å². The maximum atomic E-state index is 11.3. The highest BCUT2D eigenvalue weighted by molar-refractivity contribution is 5.92. The highest BCUT2D eigenvalue weighted by Gasteiger charge is 2.17. The van der Waals surface area contributed by atoms with Gasteiger partial charge in [-0.3, -0.25) is 9.79 Å². The molecule has 0 spiro atoms. The van der Waals surface area contributed by atoms with E-state index in [0.717, 1.165) is 24.3 Å². The highest BCUT2D eigenvalue weighted by Crippen LogP contribution is 2.16. The molecule has 0 aliphatic carbocycles. The molecule has 1 amide bonds. The number of carbonyl (C=O) groups is 1. The largest absolute Gasteiger partial charge is 0.491 e. The third-order valence-electron chi connectivity index (χ3n) is 3.30. The van der Waals surface area contributed by atoms with Gasteiger partial charge in [0.25, 0.3) is 0 Å². The Balaban J connectivity index is 1.84. The molecule has 22 heavy (non-hydrogen) atoms. The first-order valence-corrected chi connectivity index (χ1v) is 7.66. The number of guanidine groups is 1. The number of piperidine rings is 1. The van der Waals surface area contributed by atoms with Gasteiger partial charge >= 0.3 is 0 Å². The van der Waals surface area contributed by atoms with Crippen LogP contribution in [0, 0.1) is 0 Å². The van der Waals surface area contributed by atoms with Crippen LogP contribution < -0.4 is 21.1 Å². The SMILES string of the molecule is CC(C)Oc1ccc(NC(N)=NCC2CCCC(=O)N2)cc1. The van der Waals surface area contributed by atoms with Crippen molar-refractivity contribution in [3.8, 4) is 5.75 Å². The molecule has 1 saturated heterocycles. The Morgan fingerprint density at radius 3 is 2.82 bits per heavy atom. The van der Waals surface area contributed by atoms with Gasteiger partial charge in [-0.25, -0.2) is 0 Å². The number of amides is 1. The minimum absolute atomic E-state index is 0.0865. The zero-order chi connectivity index (χ0) is 15.9. The number of nitrogens with one attached hydrogen (secondary N) is 2. The number of nitrogens with two attached hydrogens (primary N) is 1. The smallest absolute Gasteiger partial charge is 0.220 e. The lowest BCUT2D eigenvalue weighted by atomic mass is 10.0. The van der Waals surface area contributed by atoms with E-state index in [1.54, 1.807) is 0 Å². The van der Waals surface area contributed by atoms with Gasteiger partial charge in [0, 0.05) is 18.2 Å². The standard InChI is InChI=1S/C16H24N4O2/c1-11(2)22-14-8-6-12(7-9-14)20-16(17)18-10-13-4-3-5-15(21)19-13/h6-9,11,13H,3-5,10H2,1-2H3,(H,19,21)(H3,17,18,20). The predicted octanol–water partition coefficient (Wildman–Crippen LogP) is 1.87. The average molecular weight is 304 g/mol. The summed E-state index contributed by atoms with van der Waals surface area (Å²) < 4.78 is 5.58. The van der Waals surface area contributed by atoms with Crippen LogP contribution in [0.1, 0.15) is 33.1 Å². The molecule has 0 radical (unpaired) electrons. The van der Waals surface area contributed by atoms with E-state index >= 15 is 0 Å². The second-order valence-electron chi connectivity index (χ2n) is 5.70. The van der Waals surface area contributed by atoms with Crippen LogP contribution in [0.2, 0.25) is 0 Å². The molecule has 2 rings (SSSR count). The van der Waals surface area contributed by atoms with Crippen molar-refractivity contribution in [2.24, 2.45) is 10.7 Å². The molecule has 1 aliphatic rings. The summed E-state index contributed by atoms with van der Waals surface area (Å²) in [7, 11) is 0. The van der Waals surface area contributed by atoms with E-state index in [-0.39, 0.29) is 18.1 Å². The molecule has 4 N–H and O–H groups in total. The van der Waals surface area contributed by atoms with Crippen molar-refractivity contribution in [1.29, 1.82) is 0 Å². The van der Waals surface area contributed by atoms with Crippen molar-refractivity contribution in [3.63, 3.8) is 0 Å². The van der Waals surface area contributed by atoms with Gasteiger partial charge in [0.1, 0.15) is 5.75 Å². The molecule has 1 atom stereocenters. The molecule has 1 unspecified atom stereocenters. The van der Waals surface area contributed by atoms with E-state index in [2.05, 4.69) is 15.6 Å². The quantitative estimate of drug-likeness (QED) is 0.572. The number of carbonyl (C=O) groups excluding carboxylic acids is 1. The van der Waals surface area contributed by atoms with Gasteiger partial charge in [-0.05, 0) is 51.0 Å². The minimum atomic E-state index is 0.0865. The first-order chi connectivity index (χ1) is 10.5. The second-order valence-corrected chi connectivity index (χ2v) is 5.70. The number of hydrogen-bond donors (Lipinski definition) is 3. The van der Waals surface area contributed by atoms with Crippen molar-refractivity contribution in [2.45, 2.75) is 45.3 Å². The highest BCUT2D eigenvalue weighted by atomic mass is 16.5. The van der Waals surface area contributed by atoms with Gasteiger partial charge in [-0.15, -0.1) is 0 Å². The molecule has 1 fully saturated rings. The van der Waals surface area contributed by atoms with Gasteiger partial charge in [0.15, 0.2) is 5.96 Å². The fourth-order valence-electron chi connectivity index (χ4n) is 2.30. The Morgan fingerprint density at radius 1 is 1.45 bits per heavy atom. The number of ether oxygens (including phenoxy) is 1. The van der Waals surface area contributed by atoms with E-state index in [4.69, 9.17) is 10.5 Å². The van der Waals surface area contributed by atoms with E-state index < -0.39 is 0 Å². The Labute approximate surface area is 131 Å². The lowest BCUT2D eigenvalue weighted by Crippen LogP contribution is -2.41. The van der Waals surface area contributed by atoms with Crippen LogP contribution >= 0.6 is 0 Å². The number of nitrogens with zero attached hydrogens (tertiary/aromatic N) is 1. The summed E-state index contributed by atoms with van der Waals surface area (Å²) in [5.74, 6) is 1.26. The van der Waals surface area contributed by atoms with Crippen LogP contribution in [0.25, 0.3) is 0 Å². The number of anilines is 1. The van der Waals surface area contributed by atoms with Crippen molar-refractivity contribution < 1.29 is 9.53 Å². The Kier molecular flexibility index (Phi) is 5.63. The van der Waals surface area contributed by atoms with Gasteiger partial charge in [-0.2, -0.15) is 0 Å². The monoisotopic (exact) mass is 304 g/mol. The summed E-state index contributed by atoms with van der Waals surface area (Å²) in [4.78, 5) is 15.6. The Hall–Kier alpha value is -2.24. The summed E-state index contributed by atoms with van der Waals surface area (Å²) in [6.07, 6.45) is 2.62. The molecule has 0 saturated carbocycles. The molecule has 1 aliphatic heterocycles. The molecule has 6 heteroatoms. The lowest BCUT2D eigenvalue weighted by Gasteiger charge is -2.21. The molecule has 0 aromatic heterocycles. The van der Waals surface area contributed by atoms with Gasteiger partial charge in [-0.1, -0.05) is 0 Å². The zero-order valence-corrected chi connectivity index (χ0v) is 13.1. The molecule has 1 aromatic rings. The Morgan fingerprint density at radius 2 is 2.18 bits per heavy atom. The number of rotatable bonds is 5. The topological polar surface area (TPSA) is 88.7 Å².